The second-order valence-corrected chi connectivity index (χ2v) is 2.98. The smallest absolute Gasteiger partial charge is 0.356 e. The van der Waals surface area contributed by atoms with Crippen LogP contribution < -0.4 is 4.74 Å². The number of hydrogen-bond donors (Lipinski definition) is 1. The Kier molecular flexibility index (Phi) is 2.55. The number of ether oxygens (including phenoxy) is 1. The van der Waals surface area contributed by atoms with Crippen molar-refractivity contribution in [1.29, 1.82) is 0 Å². The zero-order chi connectivity index (χ0) is 11.5. The van der Waals surface area contributed by atoms with Gasteiger partial charge in [0.15, 0.2) is 11.5 Å². The molecule has 0 aliphatic carbocycles. The zero-order valence-electron chi connectivity index (χ0n) is 8.49. The molecule has 2 heterocycles. The number of aromatic carboxylic acids is 1. The summed E-state index contributed by atoms with van der Waals surface area (Å²) in [6.45, 7) is 0. The Labute approximate surface area is 91.1 Å². The van der Waals surface area contributed by atoms with Crippen LogP contribution in [0.15, 0.2) is 30.5 Å². The molecule has 0 aliphatic heterocycles. The molecule has 2 aromatic heterocycles. The van der Waals surface area contributed by atoms with Crippen molar-refractivity contribution in [2.45, 2.75) is 0 Å². The minimum Gasteiger partial charge on any atom is -0.481 e. The van der Waals surface area contributed by atoms with Crippen LogP contribution in [0.5, 0.6) is 5.88 Å². The van der Waals surface area contributed by atoms with Gasteiger partial charge in [0.1, 0.15) is 0 Å². The topological polar surface area (TPSA) is 77.2 Å². The predicted molar refractivity (Wildman–Crippen MR) is 54.9 cm³/mol. The summed E-state index contributed by atoms with van der Waals surface area (Å²) >= 11 is 0. The van der Waals surface area contributed by atoms with E-state index in [1.54, 1.807) is 24.4 Å². The Bertz CT molecular complexity index is 507. The van der Waals surface area contributed by atoms with E-state index in [2.05, 4.69) is 10.1 Å². The number of carboxylic acids is 1. The predicted octanol–water partition coefficient (Wildman–Crippen LogP) is 0.974. The first-order chi connectivity index (χ1) is 7.72. The average Bonchev–Trinajstić information content (AvgIpc) is 2.74. The molecule has 2 rings (SSSR count). The lowest BCUT2D eigenvalue weighted by atomic mass is 10.4. The molecule has 0 unspecified atom stereocenters. The van der Waals surface area contributed by atoms with E-state index in [0.29, 0.717) is 11.7 Å². The lowest BCUT2D eigenvalue weighted by Gasteiger charge is -2.03. The van der Waals surface area contributed by atoms with Gasteiger partial charge >= 0.3 is 5.97 Å². The minimum absolute atomic E-state index is 0.0810. The van der Waals surface area contributed by atoms with Crippen LogP contribution in [0.3, 0.4) is 0 Å². The maximum absolute atomic E-state index is 10.8. The van der Waals surface area contributed by atoms with Gasteiger partial charge in [-0.1, -0.05) is 6.07 Å². The van der Waals surface area contributed by atoms with Crippen molar-refractivity contribution in [3.8, 4) is 11.7 Å². The van der Waals surface area contributed by atoms with Crippen LogP contribution in [0.2, 0.25) is 0 Å². The molecule has 0 fully saturated rings. The third-order valence-electron chi connectivity index (χ3n) is 1.97. The van der Waals surface area contributed by atoms with Gasteiger partial charge in [-0.2, -0.15) is 9.78 Å². The molecule has 1 N–H and O–H groups in total. The SMILES string of the molecule is COc1cc(C(=O)O)nn1-c1ccccn1. The van der Waals surface area contributed by atoms with Crippen LogP contribution in [0.1, 0.15) is 10.5 Å². The summed E-state index contributed by atoms with van der Waals surface area (Å²) in [6.07, 6.45) is 1.59. The van der Waals surface area contributed by atoms with Crippen molar-refractivity contribution >= 4 is 5.97 Å². The summed E-state index contributed by atoms with van der Waals surface area (Å²) < 4.78 is 6.36. The molecule has 0 spiro atoms. The number of pyridine rings is 1. The Balaban J connectivity index is 2.52. The van der Waals surface area contributed by atoms with Gasteiger partial charge in [-0.3, -0.25) is 0 Å². The summed E-state index contributed by atoms with van der Waals surface area (Å²) in [5, 5.41) is 12.7. The lowest BCUT2D eigenvalue weighted by Crippen LogP contribution is -2.03. The first-order valence-electron chi connectivity index (χ1n) is 4.51. The van der Waals surface area contributed by atoms with Crippen molar-refractivity contribution in [3.05, 3.63) is 36.2 Å². The largest absolute Gasteiger partial charge is 0.481 e. The number of hydrogen-bond acceptors (Lipinski definition) is 4. The van der Waals surface area contributed by atoms with E-state index >= 15 is 0 Å². The monoisotopic (exact) mass is 219 g/mol. The Hall–Kier alpha value is -2.37. The molecule has 6 heteroatoms. The number of nitrogens with zero attached hydrogens (tertiary/aromatic N) is 3. The highest BCUT2D eigenvalue weighted by Gasteiger charge is 2.14. The molecule has 0 bridgehead atoms. The van der Waals surface area contributed by atoms with Crippen LogP contribution in [0, 0.1) is 0 Å². The zero-order valence-corrected chi connectivity index (χ0v) is 8.49. The number of methoxy groups -OCH3 is 1. The maximum atomic E-state index is 10.8. The van der Waals surface area contributed by atoms with E-state index < -0.39 is 5.97 Å². The highest BCUT2D eigenvalue weighted by atomic mass is 16.5. The van der Waals surface area contributed by atoms with Crippen molar-refractivity contribution in [2.24, 2.45) is 0 Å². The molecular weight excluding hydrogens is 210 g/mol. The second-order valence-electron chi connectivity index (χ2n) is 2.98. The van der Waals surface area contributed by atoms with Crippen molar-refractivity contribution in [3.63, 3.8) is 0 Å². The van der Waals surface area contributed by atoms with Gasteiger partial charge in [-0.25, -0.2) is 9.78 Å². The highest BCUT2D eigenvalue weighted by molar-refractivity contribution is 5.85. The van der Waals surface area contributed by atoms with Gasteiger partial charge in [0.2, 0.25) is 5.88 Å². The third kappa shape index (κ3) is 1.72. The molecule has 0 amide bonds. The number of aromatic nitrogens is 3. The van der Waals surface area contributed by atoms with E-state index in [1.807, 2.05) is 0 Å². The fourth-order valence-electron chi connectivity index (χ4n) is 1.26. The van der Waals surface area contributed by atoms with Crippen LogP contribution >= 0.6 is 0 Å². The number of carbonyl (C=O) groups is 1. The molecule has 0 saturated heterocycles. The number of carboxylic acid groups (broad SMARTS) is 1. The quantitative estimate of drug-likeness (QED) is 0.832. The van der Waals surface area contributed by atoms with Crippen LogP contribution in [-0.4, -0.2) is 33.0 Å². The first-order valence-corrected chi connectivity index (χ1v) is 4.51. The summed E-state index contributed by atoms with van der Waals surface area (Å²) in [5.74, 6) is -0.268. The van der Waals surface area contributed by atoms with Crippen LogP contribution in [-0.2, 0) is 0 Å². The van der Waals surface area contributed by atoms with E-state index in [0.717, 1.165) is 0 Å². The lowest BCUT2D eigenvalue weighted by molar-refractivity contribution is 0.0690. The summed E-state index contributed by atoms with van der Waals surface area (Å²) in [7, 11) is 1.45. The molecular formula is C10H9N3O3. The van der Waals surface area contributed by atoms with Gasteiger partial charge in [-0.15, -0.1) is 0 Å². The summed E-state index contributed by atoms with van der Waals surface area (Å²) in [5.41, 5.74) is -0.0810. The maximum Gasteiger partial charge on any atom is 0.356 e. The van der Waals surface area contributed by atoms with Crippen molar-refractivity contribution < 1.29 is 14.6 Å². The Morgan fingerprint density at radius 2 is 2.31 bits per heavy atom. The molecule has 0 atom stereocenters. The molecule has 2 aromatic rings. The molecule has 6 nitrogen and oxygen atoms in total. The molecule has 0 aliphatic rings. The molecule has 0 radical (unpaired) electrons. The van der Waals surface area contributed by atoms with E-state index in [1.165, 1.54) is 17.9 Å². The molecule has 0 saturated carbocycles. The average molecular weight is 219 g/mol. The summed E-state index contributed by atoms with van der Waals surface area (Å²) in [6, 6.07) is 6.60. The highest BCUT2D eigenvalue weighted by Crippen LogP contribution is 2.17. The van der Waals surface area contributed by atoms with E-state index in [4.69, 9.17) is 9.84 Å². The Morgan fingerprint density at radius 1 is 1.50 bits per heavy atom. The number of rotatable bonds is 3. The van der Waals surface area contributed by atoms with Gasteiger partial charge < -0.3 is 9.84 Å². The summed E-state index contributed by atoms with van der Waals surface area (Å²) in [4.78, 5) is 14.8. The fraction of sp³-hybridized carbons (Fsp3) is 0.100. The second kappa shape index (κ2) is 4.01. The standard InChI is InChI=1S/C10H9N3O3/c1-16-9-6-7(10(14)15)12-13(9)8-4-2-3-5-11-8/h2-6H,1H3,(H,14,15). The third-order valence-corrected chi connectivity index (χ3v) is 1.97. The van der Waals surface area contributed by atoms with Crippen LogP contribution in [0.25, 0.3) is 5.82 Å². The minimum atomic E-state index is -1.10. The molecule has 16 heavy (non-hydrogen) atoms. The Morgan fingerprint density at radius 3 is 2.88 bits per heavy atom. The first kappa shape index (κ1) is 10.2. The van der Waals surface area contributed by atoms with Gasteiger partial charge in [0.05, 0.1) is 7.11 Å². The van der Waals surface area contributed by atoms with E-state index in [9.17, 15) is 4.79 Å². The van der Waals surface area contributed by atoms with E-state index in [-0.39, 0.29) is 5.69 Å². The van der Waals surface area contributed by atoms with Crippen LogP contribution in [0.4, 0.5) is 0 Å². The van der Waals surface area contributed by atoms with Crippen molar-refractivity contribution in [2.75, 3.05) is 7.11 Å². The van der Waals surface area contributed by atoms with Gasteiger partial charge in [0.25, 0.3) is 0 Å². The van der Waals surface area contributed by atoms with Gasteiger partial charge in [0, 0.05) is 12.3 Å². The fourth-order valence-corrected chi connectivity index (χ4v) is 1.26. The molecule has 0 aromatic carbocycles. The van der Waals surface area contributed by atoms with Gasteiger partial charge in [-0.05, 0) is 12.1 Å². The van der Waals surface area contributed by atoms with Crippen molar-refractivity contribution in [1.82, 2.24) is 14.8 Å². The molecule has 82 valence electrons. The normalized spacial score (nSPS) is 10.1.